The molecule has 0 bridgehead atoms. The van der Waals surface area contributed by atoms with Gasteiger partial charge in [0, 0.05) is 25.8 Å². The largest absolute Gasteiger partial charge is 0.481 e. The first-order valence-corrected chi connectivity index (χ1v) is 9.35. The summed E-state index contributed by atoms with van der Waals surface area (Å²) in [6.45, 7) is 3.73. The second kappa shape index (κ2) is 11.0. The molecule has 152 valence electrons. The van der Waals surface area contributed by atoms with Gasteiger partial charge < -0.3 is 15.1 Å². The molecule has 0 aromatic carbocycles. The molecular formula is C20H29F2NO4. The number of likely N-dealkylation sites (tertiary alicyclic amines) is 1. The number of rotatable bonds is 11. The average molecular weight is 385 g/mol. The van der Waals surface area contributed by atoms with Gasteiger partial charge in [0.1, 0.15) is 0 Å². The molecule has 0 aliphatic carbocycles. The highest BCUT2D eigenvalue weighted by Crippen LogP contribution is 2.34. The summed E-state index contributed by atoms with van der Waals surface area (Å²) in [5.74, 6) is 0.0706. The number of carboxylic acids is 1. The van der Waals surface area contributed by atoms with Crippen molar-refractivity contribution in [2.75, 3.05) is 6.54 Å². The van der Waals surface area contributed by atoms with Gasteiger partial charge in [-0.25, -0.2) is 0 Å². The number of unbranched alkanes of at least 4 members (excludes halogenated alkanes) is 3. The van der Waals surface area contributed by atoms with Crippen molar-refractivity contribution in [1.29, 1.82) is 0 Å². The number of hydrogen-bond donors (Lipinski definition) is 2. The number of halogens is 2. The summed E-state index contributed by atoms with van der Waals surface area (Å²) in [6.07, 6.45) is 4.58. The Labute approximate surface area is 159 Å². The average Bonchev–Trinajstić information content (AvgIpc) is 2.82. The Balaban J connectivity index is 2.59. The van der Waals surface area contributed by atoms with E-state index in [2.05, 4.69) is 11.8 Å². The molecule has 1 fully saturated rings. The number of carboxylic acid groups (broad SMARTS) is 1. The third-order valence-corrected chi connectivity index (χ3v) is 4.69. The minimum absolute atomic E-state index is 0.0879. The molecule has 0 saturated carbocycles. The highest BCUT2D eigenvalue weighted by atomic mass is 19.3. The molecule has 1 amide bonds. The summed E-state index contributed by atoms with van der Waals surface area (Å²) >= 11 is 0. The van der Waals surface area contributed by atoms with E-state index in [9.17, 15) is 23.5 Å². The maximum Gasteiger partial charge on any atom is 0.327 e. The number of nitrogens with zero attached hydrogens (tertiary/aromatic N) is 1. The smallest absolute Gasteiger partial charge is 0.327 e. The zero-order valence-electron chi connectivity index (χ0n) is 16.0. The van der Waals surface area contributed by atoms with Crippen molar-refractivity contribution in [3.05, 3.63) is 12.2 Å². The lowest BCUT2D eigenvalue weighted by molar-refractivity contribution is -0.148. The number of hydrogen-bond acceptors (Lipinski definition) is 3. The Morgan fingerprint density at radius 3 is 2.67 bits per heavy atom. The first-order valence-electron chi connectivity index (χ1n) is 9.35. The SMILES string of the molecule is CC#CCC(C)C(O)C=C[C@H]1CC(F)(F)C(=O)N1CCCCCCC(=O)O. The molecular weight excluding hydrogens is 356 g/mol. The van der Waals surface area contributed by atoms with Gasteiger partial charge in [0.2, 0.25) is 0 Å². The topological polar surface area (TPSA) is 77.8 Å². The lowest BCUT2D eigenvalue weighted by Crippen LogP contribution is -2.36. The first-order chi connectivity index (χ1) is 12.7. The molecule has 1 aliphatic rings. The van der Waals surface area contributed by atoms with Crippen LogP contribution < -0.4 is 0 Å². The van der Waals surface area contributed by atoms with E-state index in [0.717, 1.165) is 4.90 Å². The van der Waals surface area contributed by atoms with Crippen molar-refractivity contribution < 1.29 is 28.6 Å². The molecule has 0 spiro atoms. The molecule has 7 heteroatoms. The third-order valence-electron chi connectivity index (χ3n) is 4.69. The molecule has 2 N–H and O–H groups in total. The van der Waals surface area contributed by atoms with E-state index in [1.165, 1.54) is 12.2 Å². The quantitative estimate of drug-likeness (QED) is 0.325. The van der Waals surface area contributed by atoms with Gasteiger partial charge in [0.05, 0.1) is 12.1 Å². The molecule has 27 heavy (non-hydrogen) atoms. The van der Waals surface area contributed by atoms with Gasteiger partial charge in [-0.05, 0) is 25.7 Å². The van der Waals surface area contributed by atoms with E-state index >= 15 is 0 Å². The van der Waals surface area contributed by atoms with Gasteiger partial charge in [-0.2, -0.15) is 8.78 Å². The molecule has 0 aromatic heterocycles. The van der Waals surface area contributed by atoms with Crippen LogP contribution in [0.3, 0.4) is 0 Å². The number of aliphatic carboxylic acids is 1. The highest BCUT2D eigenvalue weighted by molar-refractivity contribution is 5.86. The van der Waals surface area contributed by atoms with Crippen LogP contribution in [0, 0.1) is 17.8 Å². The van der Waals surface area contributed by atoms with Crippen LogP contribution in [0.2, 0.25) is 0 Å². The van der Waals surface area contributed by atoms with E-state index in [-0.39, 0.29) is 18.9 Å². The molecule has 0 radical (unpaired) electrons. The van der Waals surface area contributed by atoms with Crippen LogP contribution in [-0.2, 0) is 9.59 Å². The summed E-state index contributed by atoms with van der Waals surface area (Å²) in [6, 6.07) is -0.745. The number of carbonyl (C=O) groups excluding carboxylic acids is 1. The van der Waals surface area contributed by atoms with E-state index in [0.29, 0.717) is 32.1 Å². The number of aliphatic hydroxyl groups excluding tert-OH is 1. The minimum atomic E-state index is -3.39. The molecule has 1 aliphatic heterocycles. The standard InChI is InChI=1S/C20H29F2NO4/c1-3-4-9-15(2)17(24)12-11-16-14-20(21,22)19(27)23(16)13-8-6-5-7-10-18(25)26/h11-12,15-17,24H,5-10,13-14H2,1-2H3,(H,25,26)/t15?,16-,17?/m0/s1. The summed E-state index contributed by atoms with van der Waals surface area (Å²) in [5.41, 5.74) is 0. The molecule has 3 atom stereocenters. The molecule has 5 nitrogen and oxygen atoms in total. The van der Waals surface area contributed by atoms with Crippen molar-refractivity contribution in [2.45, 2.75) is 76.9 Å². The highest BCUT2D eigenvalue weighted by Gasteiger charge is 2.52. The number of amides is 1. The van der Waals surface area contributed by atoms with Crippen LogP contribution in [0.25, 0.3) is 0 Å². The number of aliphatic hydroxyl groups is 1. The first kappa shape index (κ1) is 23.1. The van der Waals surface area contributed by atoms with Gasteiger partial charge in [-0.1, -0.05) is 31.9 Å². The second-order valence-electron chi connectivity index (χ2n) is 7.02. The van der Waals surface area contributed by atoms with Crippen molar-refractivity contribution in [2.24, 2.45) is 5.92 Å². The van der Waals surface area contributed by atoms with E-state index in [1.807, 2.05) is 6.92 Å². The van der Waals surface area contributed by atoms with Gasteiger partial charge in [-0.3, -0.25) is 9.59 Å². The van der Waals surface area contributed by atoms with Crippen LogP contribution >= 0.6 is 0 Å². The Bertz CT molecular complexity index is 595. The normalized spacial score (nSPS) is 21.1. The minimum Gasteiger partial charge on any atom is -0.481 e. The Hall–Kier alpha value is -1.94. The third kappa shape index (κ3) is 7.67. The maximum absolute atomic E-state index is 13.8. The molecule has 2 unspecified atom stereocenters. The van der Waals surface area contributed by atoms with Crippen molar-refractivity contribution in [3.63, 3.8) is 0 Å². The van der Waals surface area contributed by atoms with E-state index in [4.69, 9.17) is 5.11 Å². The predicted molar refractivity (Wildman–Crippen MR) is 98.2 cm³/mol. The molecule has 0 aromatic rings. The van der Waals surface area contributed by atoms with Crippen LogP contribution in [0.5, 0.6) is 0 Å². The maximum atomic E-state index is 13.8. The van der Waals surface area contributed by atoms with Crippen LogP contribution in [0.1, 0.15) is 58.8 Å². The number of carbonyl (C=O) groups is 2. The Morgan fingerprint density at radius 2 is 2.04 bits per heavy atom. The van der Waals surface area contributed by atoms with Crippen LogP contribution in [-0.4, -0.2) is 51.6 Å². The van der Waals surface area contributed by atoms with E-state index < -0.39 is 36.4 Å². The van der Waals surface area contributed by atoms with E-state index in [1.54, 1.807) is 6.92 Å². The summed E-state index contributed by atoms with van der Waals surface area (Å²) < 4.78 is 27.7. The predicted octanol–water partition coefficient (Wildman–Crippen LogP) is 3.22. The molecule has 1 saturated heterocycles. The zero-order chi connectivity index (χ0) is 20.4. The van der Waals surface area contributed by atoms with Gasteiger partial charge in [-0.15, -0.1) is 11.8 Å². The summed E-state index contributed by atoms with van der Waals surface area (Å²) in [4.78, 5) is 23.6. The molecule has 1 heterocycles. The fourth-order valence-corrected chi connectivity index (χ4v) is 2.99. The van der Waals surface area contributed by atoms with Gasteiger partial charge in [0.25, 0.3) is 5.91 Å². The second-order valence-corrected chi connectivity index (χ2v) is 7.02. The summed E-state index contributed by atoms with van der Waals surface area (Å²) in [5, 5.41) is 18.7. The summed E-state index contributed by atoms with van der Waals surface area (Å²) in [7, 11) is 0. The van der Waals surface area contributed by atoms with Gasteiger partial charge >= 0.3 is 11.9 Å². The fourth-order valence-electron chi connectivity index (χ4n) is 2.99. The Kier molecular flexibility index (Phi) is 9.44. The number of alkyl halides is 2. The lowest BCUT2D eigenvalue weighted by atomic mass is 10.00. The fraction of sp³-hybridized carbons (Fsp3) is 0.700. The lowest BCUT2D eigenvalue weighted by Gasteiger charge is -2.22. The van der Waals surface area contributed by atoms with Crippen molar-refractivity contribution in [1.82, 2.24) is 4.90 Å². The van der Waals surface area contributed by atoms with Gasteiger partial charge in [0.15, 0.2) is 0 Å². The van der Waals surface area contributed by atoms with Crippen LogP contribution in [0.4, 0.5) is 8.78 Å². The Morgan fingerprint density at radius 1 is 1.37 bits per heavy atom. The zero-order valence-corrected chi connectivity index (χ0v) is 16.0. The monoisotopic (exact) mass is 385 g/mol. The molecule has 1 rings (SSSR count). The van der Waals surface area contributed by atoms with Crippen LogP contribution in [0.15, 0.2) is 12.2 Å². The van der Waals surface area contributed by atoms with Crippen molar-refractivity contribution >= 4 is 11.9 Å². The van der Waals surface area contributed by atoms with Crippen molar-refractivity contribution in [3.8, 4) is 11.8 Å².